The van der Waals surface area contributed by atoms with E-state index < -0.39 is 12.1 Å². The van der Waals surface area contributed by atoms with Crippen molar-refractivity contribution in [2.24, 2.45) is 0 Å². The van der Waals surface area contributed by atoms with Gasteiger partial charge in [0.25, 0.3) is 5.91 Å². The smallest absolute Gasteiger partial charge is 0.330 e. The third kappa shape index (κ3) is 3.40. The SMILES string of the molecule is CC[C@H]1NC(=O)N(c2cccc(Oc3cc(C)cc(OC)c3)n2)C1=O. The summed E-state index contributed by atoms with van der Waals surface area (Å²) in [7, 11) is 1.58. The molecule has 1 N–H and O–H groups in total. The van der Waals surface area contributed by atoms with Crippen molar-refractivity contribution < 1.29 is 19.1 Å². The Labute approximate surface area is 145 Å². The lowest BCUT2D eigenvalue weighted by atomic mass is 10.2. The fourth-order valence-corrected chi connectivity index (χ4v) is 2.62. The number of aromatic nitrogens is 1. The van der Waals surface area contributed by atoms with Crippen LogP contribution in [0.15, 0.2) is 36.4 Å². The number of carbonyl (C=O) groups is 2. The number of pyridine rings is 1. The number of aryl methyl sites for hydroxylation is 1. The molecular formula is C18H19N3O4. The summed E-state index contributed by atoms with van der Waals surface area (Å²) in [5.74, 6) is 1.44. The van der Waals surface area contributed by atoms with E-state index in [4.69, 9.17) is 9.47 Å². The highest BCUT2D eigenvalue weighted by atomic mass is 16.5. The summed E-state index contributed by atoms with van der Waals surface area (Å²) in [6.45, 7) is 3.77. The molecule has 0 radical (unpaired) electrons. The van der Waals surface area contributed by atoms with Crippen LogP contribution in [-0.4, -0.2) is 30.1 Å². The van der Waals surface area contributed by atoms with Crippen LogP contribution in [0.25, 0.3) is 0 Å². The average Bonchev–Trinajstić information content (AvgIpc) is 2.88. The van der Waals surface area contributed by atoms with Crippen LogP contribution >= 0.6 is 0 Å². The molecule has 1 aromatic heterocycles. The number of amides is 3. The Hall–Kier alpha value is -3.09. The number of imide groups is 1. The maximum atomic E-state index is 12.3. The highest BCUT2D eigenvalue weighted by molar-refractivity contribution is 6.20. The van der Waals surface area contributed by atoms with Crippen LogP contribution in [0, 0.1) is 6.92 Å². The zero-order valence-corrected chi connectivity index (χ0v) is 14.3. The maximum absolute atomic E-state index is 12.3. The van der Waals surface area contributed by atoms with Crippen LogP contribution in [0.3, 0.4) is 0 Å². The fourth-order valence-electron chi connectivity index (χ4n) is 2.62. The molecule has 0 spiro atoms. The number of hydrogen-bond donors (Lipinski definition) is 1. The van der Waals surface area contributed by atoms with E-state index in [0.29, 0.717) is 17.9 Å². The first kappa shape index (κ1) is 16.8. The van der Waals surface area contributed by atoms with E-state index in [1.165, 1.54) is 0 Å². The quantitative estimate of drug-likeness (QED) is 0.846. The number of urea groups is 1. The molecule has 0 bridgehead atoms. The molecule has 7 nitrogen and oxygen atoms in total. The summed E-state index contributed by atoms with van der Waals surface area (Å²) in [4.78, 5) is 29.7. The van der Waals surface area contributed by atoms with Gasteiger partial charge in [-0.05, 0) is 37.1 Å². The second kappa shape index (κ2) is 6.80. The van der Waals surface area contributed by atoms with E-state index >= 15 is 0 Å². The Balaban J connectivity index is 1.86. The summed E-state index contributed by atoms with van der Waals surface area (Å²) in [6.07, 6.45) is 0.528. The van der Waals surface area contributed by atoms with Gasteiger partial charge < -0.3 is 14.8 Å². The molecule has 3 rings (SSSR count). The Bertz CT molecular complexity index is 822. The van der Waals surface area contributed by atoms with E-state index in [9.17, 15) is 9.59 Å². The van der Waals surface area contributed by atoms with Crippen molar-refractivity contribution >= 4 is 17.8 Å². The van der Waals surface area contributed by atoms with Crippen molar-refractivity contribution in [1.82, 2.24) is 10.3 Å². The standard InChI is InChI=1S/C18H19N3O4/c1-4-14-17(22)21(18(23)19-14)15-6-5-7-16(20-15)25-13-9-11(2)8-12(10-13)24-3/h5-10,14H,4H2,1-3H3,(H,19,23)/t14-/m1/s1. The van der Waals surface area contributed by atoms with Gasteiger partial charge >= 0.3 is 6.03 Å². The lowest BCUT2D eigenvalue weighted by Crippen LogP contribution is -2.31. The minimum absolute atomic E-state index is 0.232. The molecule has 2 heterocycles. The highest BCUT2D eigenvalue weighted by Gasteiger charge is 2.38. The minimum Gasteiger partial charge on any atom is -0.497 e. The topological polar surface area (TPSA) is 80.8 Å². The molecule has 7 heteroatoms. The second-order valence-electron chi connectivity index (χ2n) is 5.71. The lowest BCUT2D eigenvalue weighted by Gasteiger charge is -2.13. The van der Waals surface area contributed by atoms with E-state index in [0.717, 1.165) is 10.5 Å². The van der Waals surface area contributed by atoms with Gasteiger partial charge in [-0.15, -0.1) is 0 Å². The number of rotatable bonds is 5. The number of benzene rings is 1. The summed E-state index contributed by atoms with van der Waals surface area (Å²) >= 11 is 0. The van der Waals surface area contributed by atoms with Crippen LogP contribution in [0.4, 0.5) is 10.6 Å². The number of hydrogen-bond acceptors (Lipinski definition) is 5. The molecule has 1 atom stereocenters. The molecule has 2 aromatic rings. The Kier molecular flexibility index (Phi) is 4.56. The number of nitrogens with one attached hydrogen (secondary N) is 1. The number of methoxy groups -OCH3 is 1. The average molecular weight is 341 g/mol. The predicted molar refractivity (Wildman–Crippen MR) is 92.1 cm³/mol. The molecule has 1 aliphatic heterocycles. The monoisotopic (exact) mass is 341 g/mol. The van der Waals surface area contributed by atoms with Gasteiger partial charge in [-0.3, -0.25) is 4.79 Å². The van der Waals surface area contributed by atoms with Gasteiger partial charge in [0.15, 0.2) is 0 Å². The van der Waals surface area contributed by atoms with Gasteiger partial charge in [-0.2, -0.15) is 4.98 Å². The van der Waals surface area contributed by atoms with Gasteiger partial charge in [-0.25, -0.2) is 9.69 Å². The van der Waals surface area contributed by atoms with Crippen LogP contribution in [-0.2, 0) is 4.79 Å². The summed E-state index contributed by atoms with van der Waals surface area (Å²) in [5.41, 5.74) is 0.977. The highest BCUT2D eigenvalue weighted by Crippen LogP contribution is 2.28. The normalized spacial score (nSPS) is 16.8. The molecule has 25 heavy (non-hydrogen) atoms. The van der Waals surface area contributed by atoms with Crippen LogP contribution in [0.2, 0.25) is 0 Å². The number of nitrogens with zero attached hydrogens (tertiary/aromatic N) is 2. The van der Waals surface area contributed by atoms with Crippen molar-refractivity contribution in [2.45, 2.75) is 26.3 Å². The van der Waals surface area contributed by atoms with Crippen molar-refractivity contribution in [1.29, 1.82) is 0 Å². The molecule has 1 fully saturated rings. The summed E-state index contributed by atoms with van der Waals surface area (Å²) in [6, 6.07) is 9.42. The van der Waals surface area contributed by atoms with Crippen LogP contribution in [0.1, 0.15) is 18.9 Å². The van der Waals surface area contributed by atoms with Gasteiger partial charge in [0.2, 0.25) is 5.88 Å². The van der Waals surface area contributed by atoms with Crippen LogP contribution < -0.4 is 19.7 Å². The van der Waals surface area contributed by atoms with Gasteiger partial charge in [0, 0.05) is 12.1 Å². The maximum Gasteiger partial charge on any atom is 0.330 e. The third-order valence-electron chi connectivity index (χ3n) is 3.85. The molecule has 0 unspecified atom stereocenters. The fraction of sp³-hybridized carbons (Fsp3) is 0.278. The number of carbonyl (C=O) groups excluding carboxylic acids is 2. The minimum atomic E-state index is -0.514. The van der Waals surface area contributed by atoms with Crippen molar-refractivity contribution in [2.75, 3.05) is 12.0 Å². The summed E-state index contributed by atoms with van der Waals surface area (Å²) in [5, 5.41) is 2.63. The van der Waals surface area contributed by atoms with Crippen molar-refractivity contribution in [3.63, 3.8) is 0 Å². The van der Waals surface area contributed by atoms with E-state index in [1.807, 2.05) is 26.0 Å². The lowest BCUT2D eigenvalue weighted by molar-refractivity contribution is -0.118. The number of ether oxygens (including phenoxy) is 2. The molecule has 0 saturated carbocycles. The first-order valence-corrected chi connectivity index (χ1v) is 7.97. The molecular weight excluding hydrogens is 322 g/mol. The molecule has 1 aromatic carbocycles. The number of anilines is 1. The van der Waals surface area contributed by atoms with Gasteiger partial charge in [0.05, 0.1) is 7.11 Å². The van der Waals surface area contributed by atoms with Crippen LogP contribution in [0.5, 0.6) is 17.4 Å². The van der Waals surface area contributed by atoms with E-state index in [1.54, 1.807) is 31.4 Å². The molecule has 0 aliphatic carbocycles. The second-order valence-corrected chi connectivity index (χ2v) is 5.71. The molecule has 1 aliphatic rings. The van der Waals surface area contributed by atoms with Crippen molar-refractivity contribution in [3.05, 3.63) is 42.0 Å². The predicted octanol–water partition coefficient (Wildman–Crippen LogP) is 3.03. The van der Waals surface area contributed by atoms with E-state index in [2.05, 4.69) is 10.3 Å². The Morgan fingerprint density at radius 3 is 2.64 bits per heavy atom. The first-order chi connectivity index (χ1) is 12.0. The molecule has 130 valence electrons. The van der Waals surface area contributed by atoms with Gasteiger partial charge in [0.1, 0.15) is 23.4 Å². The molecule has 3 amide bonds. The third-order valence-corrected chi connectivity index (χ3v) is 3.85. The zero-order valence-electron chi connectivity index (χ0n) is 14.3. The first-order valence-electron chi connectivity index (χ1n) is 7.97. The summed E-state index contributed by atoms with van der Waals surface area (Å²) < 4.78 is 11.0. The Morgan fingerprint density at radius 1 is 1.20 bits per heavy atom. The largest absolute Gasteiger partial charge is 0.497 e. The molecule has 1 saturated heterocycles. The zero-order chi connectivity index (χ0) is 18.0. The Morgan fingerprint density at radius 2 is 1.96 bits per heavy atom. The van der Waals surface area contributed by atoms with Gasteiger partial charge in [-0.1, -0.05) is 13.0 Å². The van der Waals surface area contributed by atoms with E-state index in [-0.39, 0.29) is 17.6 Å². The van der Waals surface area contributed by atoms with Crippen molar-refractivity contribution in [3.8, 4) is 17.4 Å².